The zero-order valence-electron chi connectivity index (χ0n) is 10.1. The molecule has 0 fully saturated rings. The van der Waals surface area contributed by atoms with Crippen LogP contribution in [0.5, 0.6) is 0 Å². The van der Waals surface area contributed by atoms with Crippen molar-refractivity contribution < 1.29 is 4.79 Å². The third kappa shape index (κ3) is 4.44. The molecule has 90 valence electrons. The number of carbonyl (C=O) groups excluding carboxylic acids is 1. The van der Waals surface area contributed by atoms with Gasteiger partial charge in [-0.15, -0.1) is 0 Å². The van der Waals surface area contributed by atoms with Gasteiger partial charge < -0.3 is 11.1 Å². The minimum Gasteiger partial charge on any atom is -0.349 e. The van der Waals surface area contributed by atoms with Crippen molar-refractivity contribution >= 4 is 5.91 Å². The average molecular weight is 224 g/mol. The first kappa shape index (κ1) is 12.7. The molecule has 0 bridgehead atoms. The summed E-state index contributed by atoms with van der Waals surface area (Å²) in [4.78, 5) is 11.6. The van der Waals surface area contributed by atoms with Crippen molar-refractivity contribution in [3.8, 4) is 0 Å². The molecule has 4 N–H and O–H groups in total. The van der Waals surface area contributed by atoms with Gasteiger partial charge in [0.2, 0.25) is 5.91 Å². The van der Waals surface area contributed by atoms with Crippen LogP contribution in [0.1, 0.15) is 45.2 Å². The number of nitrogens with zero attached hydrogens (tertiary/aromatic N) is 1. The first-order valence-corrected chi connectivity index (χ1v) is 5.45. The molecule has 1 aromatic rings. The topological polar surface area (TPSA) is 83.8 Å². The van der Waals surface area contributed by atoms with Crippen molar-refractivity contribution in [2.45, 2.75) is 45.2 Å². The van der Waals surface area contributed by atoms with Gasteiger partial charge in [-0.3, -0.25) is 9.89 Å². The van der Waals surface area contributed by atoms with E-state index in [1.165, 1.54) is 0 Å². The Hall–Kier alpha value is -1.36. The molecule has 0 aliphatic carbocycles. The lowest BCUT2D eigenvalue weighted by molar-refractivity contribution is -0.122. The van der Waals surface area contributed by atoms with E-state index in [9.17, 15) is 4.79 Å². The molecule has 1 unspecified atom stereocenters. The van der Waals surface area contributed by atoms with Gasteiger partial charge in [-0.25, -0.2) is 0 Å². The molecule has 0 saturated heterocycles. The number of amides is 1. The summed E-state index contributed by atoms with van der Waals surface area (Å²) in [5.41, 5.74) is 6.49. The molecule has 1 aromatic heterocycles. The predicted octanol–water partition coefficient (Wildman–Crippen LogP) is 1.10. The lowest BCUT2D eigenvalue weighted by Gasteiger charge is -2.18. The average Bonchev–Trinajstić information content (AvgIpc) is 2.66. The summed E-state index contributed by atoms with van der Waals surface area (Å²) in [6.07, 6.45) is 4.61. The standard InChI is InChI=1S/C11H20N4O/c1-8(9-6-13-14-7-9)15-10(16)4-5-11(2,3)12/h6-8H,4-5,12H2,1-3H3,(H,13,14)(H,15,16). The van der Waals surface area contributed by atoms with E-state index in [0.717, 1.165) is 5.56 Å². The molecule has 5 nitrogen and oxygen atoms in total. The molecular formula is C11H20N4O. The Labute approximate surface area is 95.8 Å². The Bertz CT molecular complexity index is 326. The molecule has 0 aliphatic heterocycles. The number of aromatic amines is 1. The van der Waals surface area contributed by atoms with Gasteiger partial charge in [-0.1, -0.05) is 0 Å². The number of H-pyrrole nitrogens is 1. The Kier molecular flexibility index (Phi) is 4.06. The molecule has 0 aliphatic rings. The van der Waals surface area contributed by atoms with Crippen LogP contribution in [0.4, 0.5) is 0 Å². The molecular weight excluding hydrogens is 204 g/mol. The fourth-order valence-electron chi connectivity index (χ4n) is 1.33. The number of carbonyl (C=O) groups is 1. The predicted molar refractivity (Wildman–Crippen MR) is 62.6 cm³/mol. The summed E-state index contributed by atoms with van der Waals surface area (Å²) < 4.78 is 0. The van der Waals surface area contributed by atoms with E-state index < -0.39 is 0 Å². The van der Waals surface area contributed by atoms with Gasteiger partial charge in [0.25, 0.3) is 0 Å². The van der Waals surface area contributed by atoms with Gasteiger partial charge in [0.1, 0.15) is 0 Å². The molecule has 0 saturated carbocycles. The summed E-state index contributed by atoms with van der Waals surface area (Å²) in [5.74, 6) is 0.0206. The quantitative estimate of drug-likeness (QED) is 0.700. The maximum atomic E-state index is 11.6. The van der Waals surface area contributed by atoms with E-state index in [1.807, 2.05) is 20.8 Å². The van der Waals surface area contributed by atoms with Gasteiger partial charge in [-0.05, 0) is 27.2 Å². The van der Waals surface area contributed by atoms with Crippen LogP contribution in [0, 0.1) is 0 Å². The highest BCUT2D eigenvalue weighted by Crippen LogP contribution is 2.11. The minimum absolute atomic E-state index is 0.0206. The largest absolute Gasteiger partial charge is 0.349 e. The van der Waals surface area contributed by atoms with E-state index >= 15 is 0 Å². The van der Waals surface area contributed by atoms with Crippen molar-refractivity contribution in [1.29, 1.82) is 0 Å². The summed E-state index contributed by atoms with van der Waals surface area (Å²) in [6, 6.07) is -0.0212. The van der Waals surface area contributed by atoms with E-state index in [4.69, 9.17) is 5.73 Å². The number of hydrogen-bond donors (Lipinski definition) is 3. The highest BCUT2D eigenvalue weighted by molar-refractivity contribution is 5.76. The first-order valence-electron chi connectivity index (χ1n) is 5.45. The van der Waals surface area contributed by atoms with Crippen LogP contribution in [0.15, 0.2) is 12.4 Å². The summed E-state index contributed by atoms with van der Waals surface area (Å²) >= 11 is 0. The Morgan fingerprint density at radius 3 is 2.88 bits per heavy atom. The number of hydrogen-bond acceptors (Lipinski definition) is 3. The van der Waals surface area contributed by atoms with Gasteiger partial charge in [0.05, 0.1) is 12.2 Å². The van der Waals surface area contributed by atoms with Crippen LogP contribution >= 0.6 is 0 Å². The number of rotatable bonds is 5. The maximum Gasteiger partial charge on any atom is 0.220 e. The van der Waals surface area contributed by atoms with Crippen LogP contribution in [-0.4, -0.2) is 21.6 Å². The van der Waals surface area contributed by atoms with Crippen molar-refractivity contribution in [2.24, 2.45) is 5.73 Å². The highest BCUT2D eigenvalue weighted by atomic mass is 16.1. The normalized spacial score (nSPS) is 13.5. The monoisotopic (exact) mass is 224 g/mol. The second-order valence-electron chi connectivity index (χ2n) is 4.81. The first-order chi connectivity index (χ1) is 7.38. The SMILES string of the molecule is CC(NC(=O)CCC(C)(C)N)c1cn[nH]c1. The van der Waals surface area contributed by atoms with E-state index in [0.29, 0.717) is 12.8 Å². The van der Waals surface area contributed by atoms with Gasteiger partial charge >= 0.3 is 0 Å². The van der Waals surface area contributed by atoms with Crippen LogP contribution in [-0.2, 0) is 4.79 Å². The lowest BCUT2D eigenvalue weighted by atomic mass is 10.00. The zero-order valence-corrected chi connectivity index (χ0v) is 10.1. The Balaban J connectivity index is 2.35. The third-order valence-corrected chi connectivity index (χ3v) is 2.39. The van der Waals surface area contributed by atoms with Crippen LogP contribution in [0.2, 0.25) is 0 Å². The van der Waals surface area contributed by atoms with Crippen LogP contribution in [0.25, 0.3) is 0 Å². The second-order valence-corrected chi connectivity index (χ2v) is 4.81. The van der Waals surface area contributed by atoms with Crippen LogP contribution < -0.4 is 11.1 Å². The van der Waals surface area contributed by atoms with Gasteiger partial charge in [-0.2, -0.15) is 5.10 Å². The molecule has 5 heteroatoms. The minimum atomic E-state index is -0.295. The molecule has 1 heterocycles. The Morgan fingerprint density at radius 2 is 2.38 bits per heavy atom. The van der Waals surface area contributed by atoms with Gasteiger partial charge in [0, 0.05) is 23.7 Å². The van der Waals surface area contributed by atoms with E-state index in [-0.39, 0.29) is 17.5 Å². The fraction of sp³-hybridized carbons (Fsp3) is 0.636. The van der Waals surface area contributed by atoms with E-state index in [1.54, 1.807) is 12.4 Å². The highest BCUT2D eigenvalue weighted by Gasteiger charge is 2.15. The zero-order chi connectivity index (χ0) is 12.2. The summed E-state index contributed by atoms with van der Waals surface area (Å²) in [7, 11) is 0. The van der Waals surface area contributed by atoms with Crippen LogP contribution in [0.3, 0.4) is 0 Å². The number of aromatic nitrogens is 2. The Morgan fingerprint density at radius 1 is 1.69 bits per heavy atom. The third-order valence-electron chi connectivity index (χ3n) is 2.39. The number of nitrogens with two attached hydrogens (primary N) is 1. The maximum absolute atomic E-state index is 11.6. The second kappa shape index (κ2) is 5.12. The smallest absolute Gasteiger partial charge is 0.220 e. The molecule has 1 rings (SSSR count). The molecule has 0 radical (unpaired) electrons. The van der Waals surface area contributed by atoms with Crippen molar-refractivity contribution in [2.75, 3.05) is 0 Å². The summed E-state index contributed by atoms with van der Waals surface area (Å²) in [5, 5.41) is 9.46. The molecule has 16 heavy (non-hydrogen) atoms. The fourth-order valence-corrected chi connectivity index (χ4v) is 1.33. The lowest BCUT2D eigenvalue weighted by Crippen LogP contribution is -2.35. The van der Waals surface area contributed by atoms with Crippen molar-refractivity contribution in [1.82, 2.24) is 15.5 Å². The van der Waals surface area contributed by atoms with Gasteiger partial charge in [0.15, 0.2) is 0 Å². The summed E-state index contributed by atoms with van der Waals surface area (Å²) in [6.45, 7) is 5.76. The molecule has 1 atom stereocenters. The van der Waals surface area contributed by atoms with E-state index in [2.05, 4.69) is 15.5 Å². The van der Waals surface area contributed by atoms with Crippen molar-refractivity contribution in [3.05, 3.63) is 18.0 Å². The number of nitrogens with one attached hydrogen (secondary N) is 2. The molecule has 1 amide bonds. The van der Waals surface area contributed by atoms with Crippen molar-refractivity contribution in [3.63, 3.8) is 0 Å². The molecule has 0 aromatic carbocycles. The molecule has 0 spiro atoms.